The fourth-order valence-electron chi connectivity index (χ4n) is 6.08. The Hall–Kier alpha value is -2.50. The third-order valence-corrected chi connectivity index (χ3v) is 8.00. The van der Waals surface area contributed by atoms with E-state index in [1.165, 1.54) is 11.6 Å². The molecule has 2 unspecified atom stereocenters. The predicted molar refractivity (Wildman–Crippen MR) is 134 cm³/mol. The van der Waals surface area contributed by atoms with Crippen molar-refractivity contribution in [1.82, 2.24) is 14.8 Å². The maximum atomic E-state index is 12.5. The number of aryl methyl sites for hydroxylation is 1. The van der Waals surface area contributed by atoms with Crippen molar-refractivity contribution in [1.29, 1.82) is 0 Å². The highest BCUT2D eigenvalue weighted by Gasteiger charge is 2.66. The van der Waals surface area contributed by atoms with Crippen LogP contribution < -0.4 is 4.90 Å². The highest BCUT2D eigenvalue weighted by molar-refractivity contribution is 6.05. The zero-order valence-electron chi connectivity index (χ0n) is 20.3. The van der Waals surface area contributed by atoms with E-state index in [1.807, 2.05) is 6.08 Å². The summed E-state index contributed by atoms with van der Waals surface area (Å²) in [6, 6.07) is 6.27. The molecule has 2 atom stereocenters. The number of nitrogens with zero attached hydrogens (tertiary/aromatic N) is 4. The van der Waals surface area contributed by atoms with E-state index < -0.39 is 0 Å². The summed E-state index contributed by atoms with van der Waals surface area (Å²) >= 11 is 0. The van der Waals surface area contributed by atoms with Gasteiger partial charge in [0.05, 0.1) is 11.1 Å². The van der Waals surface area contributed by atoms with E-state index in [-0.39, 0.29) is 16.9 Å². The van der Waals surface area contributed by atoms with Crippen LogP contribution in [0.5, 0.6) is 0 Å². The maximum Gasteiger partial charge on any atom is 0.181 e. The second kappa shape index (κ2) is 8.37. The molecule has 0 radical (unpaired) electrons. The second-order valence-electron chi connectivity index (χ2n) is 10.1. The molecule has 0 aromatic carbocycles. The Labute approximate surface area is 198 Å². The Morgan fingerprint density at radius 2 is 1.97 bits per heavy atom. The van der Waals surface area contributed by atoms with Crippen LogP contribution in [-0.2, 0) is 4.79 Å². The van der Waals surface area contributed by atoms with Crippen LogP contribution in [0.3, 0.4) is 0 Å². The highest BCUT2D eigenvalue weighted by Crippen LogP contribution is 2.62. The van der Waals surface area contributed by atoms with Crippen molar-refractivity contribution in [3.05, 3.63) is 72.0 Å². The number of ketones is 1. The largest absolute Gasteiger partial charge is 0.354 e. The molecule has 5 rings (SSSR count). The van der Waals surface area contributed by atoms with Crippen LogP contribution >= 0.6 is 0 Å². The van der Waals surface area contributed by atoms with E-state index in [0.29, 0.717) is 5.92 Å². The second-order valence-corrected chi connectivity index (χ2v) is 10.1. The first kappa shape index (κ1) is 22.3. The Bertz CT molecular complexity index is 1040. The lowest BCUT2D eigenvalue weighted by atomic mass is 9.88. The SMILES string of the molecule is C=CC(=O)C1=CC=C(C)C2(N(CCC)C3(CN4CCN(c5cccc(C)n5)CC4)C=C3)CC12. The first-order valence-corrected chi connectivity index (χ1v) is 12.4. The zero-order valence-corrected chi connectivity index (χ0v) is 20.3. The molecule has 4 aliphatic rings. The highest BCUT2D eigenvalue weighted by atomic mass is 16.1. The first-order valence-electron chi connectivity index (χ1n) is 12.4. The molecular formula is C28H36N4O. The van der Waals surface area contributed by atoms with E-state index in [9.17, 15) is 4.79 Å². The fourth-order valence-corrected chi connectivity index (χ4v) is 6.08. The van der Waals surface area contributed by atoms with Gasteiger partial charge in [0.1, 0.15) is 5.82 Å². The van der Waals surface area contributed by atoms with Crippen molar-refractivity contribution < 1.29 is 4.79 Å². The van der Waals surface area contributed by atoms with Crippen molar-refractivity contribution >= 4 is 11.6 Å². The van der Waals surface area contributed by atoms with E-state index in [4.69, 9.17) is 4.98 Å². The Morgan fingerprint density at radius 3 is 2.61 bits per heavy atom. The minimum atomic E-state index is -0.0183. The van der Waals surface area contributed by atoms with Crippen LogP contribution in [0.15, 0.2) is 66.3 Å². The van der Waals surface area contributed by atoms with Crippen molar-refractivity contribution in [3.63, 3.8) is 0 Å². The van der Waals surface area contributed by atoms with Crippen LogP contribution in [0, 0.1) is 12.8 Å². The van der Waals surface area contributed by atoms with E-state index in [0.717, 1.165) is 69.2 Å². The maximum absolute atomic E-state index is 12.5. The van der Waals surface area contributed by atoms with Gasteiger partial charge >= 0.3 is 0 Å². The van der Waals surface area contributed by atoms with Gasteiger partial charge in [-0.1, -0.05) is 49.4 Å². The van der Waals surface area contributed by atoms with E-state index >= 15 is 0 Å². The van der Waals surface area contributed by atoms with Crippen molar-refractivity contribution in [2.45, 2.75) is 44.7 Å². The van der Waals surface area contributed by atoms with Crippen molar-refractivity contribution in [2.24, 2.45) is 5.92 Å². The third kappa shape index (κ3) is 3.81. The van der Waals surface area contributed by atoms with Crippen LogP contribution in [0.25, 0.3) is 0 Å². The molecule has 5 heteroatoms. The minimum Gasteiger partial charge on any atom is -0.354 e. The lowest BCUT2D eigenvalue weighted by molar-refractivity contribution is -0.111. The molecule has 5 nitrogen and oxygen atoms in total. The summed E-state index contributed by atoms with van der Waals surface area (Å²) in [4.78, 5) is 25.0. The van der Waals surface area contributed by atoms with Gasteiger partial charge in [-0.3, -0.25) is 14.6 Å². The van der Waals surface area contributed by atoms with Gasteiger partial charge in [0.2, 0.25) is 0 Å². The molecule has 1 aliphatic heterocycles. The number of allylic oxidation sites excluding steroid dienone is 3. The molecule has 1 aromatic heterocycles. The van der Waals surface area contributed by atoms with Crippen LogP contribution in [0.1, 0.15) is 32.4 Å². The normalized spacial score (nSPS) is 27.6. The first-order chi connectivity index (χ1) is 15.9. The lowest BCUT2D eigenvalue weighted by Crippen LogP contribution is -2.57. The molecule has 0 spiro atoms. The summed E-state index contributed by atoms with van der Waals surface area (Å²) in [6.45, 7) is 16.5. The van der Waals surface area contributed by atoms with Gasteiger partial charge in [0.15, 0.2) is 5.78 Å². The van der Waals surface area contributed by atoms with Crippen LogP contribution in [0.2, 0.25) is 0 Å². The number of anilines is 1. The van der Waals surface area contributed by atoms with Gasteiger partial charge in [-0.15, -0.1) is 0 Å². The molecule has 3 aliphatic carbocycles. The van der Waals surface area contributed by atoms with Gasteiger partial charge in [-0.05, 0) is 51.4 Å². The van der Waals surface area contributed by atoms with Crippen molar-refractivity contribution in [2.75, 3.05) is 44.2 Å². The molecule has 33 heavy (non-hydrogen) atoms. The molecule has 0 N–H and O–H groups in total. The number of hydrogen-bond acceptors (Lipinski definition) is 5. The predicted octanol–water partition coefficient (Wildman–Crippen LogP) is 3.93. The Kier molecular flexibility index (Phi) is 5.66. The molecule has 1 saturated carbocycles. The fraction of sp³-hybridized carbons (Fsp3) is 0.500. The summed E-state index contributed by atoms with van der Waals surface area (Å²) in [7, 11) is 0. The number of fused-ring (bicyclic) bond motifs is 1. The number of piperazine rings is 1. The molecule has 2 fully saturated rings. The molecule has 0 bridgehead atoms. The smallest absolute Gasteiger partial charge is 0.181 e. The molecule has 1 aromatic rings. The molecule has 174 valence electrons. The van der Waals surface area contributed by atoms with Gasteiger partial charge in [0.25, 0.3) is 0 Å². The molecule has 0 amide bonds. The summed E-state index contributed by atoms with van der Waals surface area (Å²) < 4.78 is 0. The molecule has 2 heterocycles. The van der Waals surface area contributed by atoms with Crippen molar-refractivity contribution in [3.8, 4) is 0 Å². The lowest BCUT2D eigenvalue weighted by Gasteiger charge is -2.45. The van der Waals surface area contributed by atoms with Gasteiger partial charge in [-0.25, -0.2) is 4.98 Å². The van der Waals surface area contributed by atoms with Gasteiger partial charge in [0, 0.05) is 49.9 Å². The number of hydrogen-bond donors (Lipinski definition) is 0. The van der Waals surface area contributed by atoms with Gasteiger partial charge < -0.3 is 4.90 Å². The third-order valence-electron chi connectivity index (χ3n) is 8.00. The standard InChI is InChI=1S/C28H36N4O/c1-5-14-32(28-19-24(28)23(25(33)6-2)11-10-21(28)3)27(12-13-27)20-30-15-17-31(18-16-30)26-9-7-8-22(4)29-26/h6-13,24H,2,5,14-20H2,1,3-4H3. The van der Waals surface area contributed by atoms with Crippen LogP contribution in [-0.4, -0.2) is 70.9 Å². The summed E-state index contributed by atoms with van der Waals surface area (Å²) in [5, 5.41) is 0. The number of carbonyl (C=O) groups is 1. The Morgan fingerprint density at radius 1 is 1.21 bits per heavy atom. The zero-order chi connectivity index (χ0) is 23.2. The number of aromatic nitrogens is 1. The summed E-state index contributed by atoms with van der Waals surface area (Å²) in [5.41, 5.74) is 3.39. The topological polar surface area (TPSA) is 39.7 Å². The summed E-state index contributed by atoms with van der Waals surface area (Å²) in [6.07, 6.45) is 12.6. The molecule has 1 saturated heterocycles. The number of pyridine rings is 1. The Balaban J connectivity index is 1.29. The number of rotatable bonds is 9. The monoisotopic (exact) mass is 444 g/mol. The minimum absolute atomic E-state index is 0.00327. The van der Waals surface area contributed by atoms with Crippen LogP contribution in [0.4, 0.5) is 5.82 Å². The van der Waals surface area contributed by atoms with E-state index in [2.05, 4.69) is 78.5 Å². The quantitative estimate of drug-likeness (QED) is 0.426. The average molecular weight is 445 g/mol. The van der Waals surface area contributed by atoms with Gasteiger partial charge in [-0.2, -0.15) is 0 Å². The average Bonchev–Trinajstić information content (AvgIpc) is 3.74. The summed E-state index contributed by atoms with van der Waals surface area (Å²) in [5.74, 6) is 1.47. The molecular weight excluding hydrogens is 408 g/mol. The van der Waals surface area contributed by atoms with E-state index in [1.54, 1.807) is 0 Å². The number of carbonyl (C=O) groups excluding carboxylic acids is 1.